The minimum Gasteiger partial charge on any atom is -0.457 e. The Morgan fingerprint density at radius 2 is 1.65 bits per heavy atom. The number of amides is 2. The summed E-state index contributed by atoms with van der Waals surface area (Å²) in [6.45, 7) is 5.34. The van der Waals surface area contributed by atoms with E-state index in [0.717, 1.165) is 5.56 Å². The van der Waals surface area contributed by atoms with Crippen LogP contribution in [-0.2, 0) is 20.8 Å². The van der Waals surface area contributed by atoms with Gasteiger partial charge in [-0.1, -0.05) is 30.3 Å². The fourth-order valence-electron chi connectivity index (χ4n) is 3.87. The molecule has 0 aromatic heterocycles. The first-order chi connectivity index (χ1) is 17.5. The second-order valence-corrected chi connectivity index (χ2v) is 9.72. The van der Waals surface area contributed by atoms with Crippen LogP contribution in [0.4, 0.5) is 15.3 Å². The van der Waals surface area contributed by atoms with E-state index in [2.05, 4.69) is 10.6 Å². The second-order valence-electron chi connectivity index (χ2n) is 9.72. The molecule has 1 saturated carbocycles. The molecule has 11 heteroatoms. The maximum atomic E-state index is 12.8. The smallest absolute Gasteiger partial charge is 0.407 e. The lowest BCUT2D eigenvalue weighted by Crippen LogP contribution is -2.53. The minimum atomic E-state index is -0.791. The number of nitro benzene ring substituents is 1. The van der Waals surface area contributed by atoms with Crippen molar-refractivity contribution in [2.75, 3.05) is 0 Å². The molecule has 0 aliphatic heterocycles. The largest absolute Gasteiger partial charge is 0.457 e. The van der Waals surface area contributed by atoms with Gasteiger partial charge < -0.3 is 24.8 Å². The maximum absolute atomic E-state index is 12.8. The zero-order chi connectivity index (χ0) is 27.0. The van der Waals surface area contributed by atoms with Crippen LogP contribution in [0.2, 0.25) is 0 Å². The Kier molecular flexibility index (Phi) is 9.05. The average Bonchev–Trinajstić information content (AvgIpc) is 2.84. The molecule has 11 nitrogen and oxygen atoms in total. The van der Waals surface area contributed by atoms with Crippen molar-refractivity contribution in [1.82, 2.24) is 10.6 Å². The Labute approximate surface area is 214 Å². The number of esters is 1. The molecule has 3 rings (SSSR count). The molecular weight excluding hydrogens is 482 g/mol. The van der Waals surface area contributed by atoms with E-state index in [1.165, 1.54) is 24.3 Å². The fourth-order valence-corrected chi connectivity index (χ4v) is 3.87. The Hall–Kier alpha value is -4.15. The number of nitrogens with zero attached hydrogens (tertiary/aromatic N) is 1. The van der Waals surface area contributed by atoms with Gasteiger partial charge in [-0.3, -0.25) is 10.1 Å². The van der Waals surface area contributed by atoms with E-state index in [1.54, 1.807) is 20.8 Å². The molecule has 1 aliphatic carbocycles. The molecule has 0 bridgehead atoms. The molecule has 0 saturated heterocycles. The Morgan fingerprint density at radius 1 is 0.973 bits per heavy atom. The molecule has 2 N–H and O–H groups in total. The van der Waals surface area contributed by atoms with E-state index in [0.29, 0.717) is 12.8 Å². The highest BCUT2D eigenvalue weighted by Crippen LogP contribution is 2.24. The van der Waals surface area contributed by atoms with Crippen LogP contribution >= 0.6 is 0 Å². The van der Waals surface area contributed by atoms with Crippen LogP contribution in [0.5, 0.6) is 0 Å². The highest BCUT2D eigenvalue weighted by molar-refractivity contribution is 5.89. The molecule has 2 aromatic carbocycles. The molecule has 1 fully saturated rings. The van der Waals surface area contributed by atoms with Crippen LogP contribution in [0.25, 0.3) is 0 Å². The number of rotatable bonds is 7. The van der Waals surface area contributed by atoms with Crippen LogP contribution in [0.3, 0.4) is 0 Å². The fraction of sp³-hybridized carbons (Fsp3) is 0.423. The molecule has 2 amide bonds. The van der Waals surface area contributed by atoms with E-state index in [-0.39, 0.29) is 30.3 Å². The molecule has 0 radical (unpaired) electrons. The first-order valence-electron chi connectivity index (χ1n) is 11.9. The number of carbonyl (C=O) groups excluding carboxylic acids is 3. The van der Waals surface area contributed by atoms with Crippen LogP contribution in [0.15, 0.2) is 54.6 Å². The van der Waals surface area contributed by atoms with E-state index >= 15 is 0 Å². The zero-order valence-corrected chi connectivity index (χ0v) is 21.0. The highest BCUT2D eigenvalue weighted by Gasteiger charge is 2.36. The molecule has 0 spiro atoms. The predicted octanol–water partition coefficient (Wildman–Crippen LogP) is 4.49. The maximum Gasteiger partial charge on any atom is 0.407 e. The van der Waals surface area contributed by atoms with Gasteiger partial charge in [-0.05, 0) is 51.3 Å². The molecule has 2 aromatic rings. The van der Waals surface area contributed by atoms with E-state index in [1.807, 2.05) is 30.3 Å². The number of nitrogens with one attached hydrogen (secondary N) is 2. The Bertz CT molecular complexity index is 1100. The number of carbonyl (C=O) groups is 3. The molecule has 198 valence electrons. The number of ether oxygens (including phenoxy) is 3. The van der Waals surface area contributed by atoms with Gasteiger partial charge in [0.05, 0.1) is 16.5 Å². The zero-order valence-electron chi connectivity index (χ0n) is 21.0. The van der Waals surface area contributed by atoms with Crippen molar-refractivity contribution in [3.05, 3.63) is 75.8 Å². The lowest BCUT2D eigenvalue weighted by Gasteiger charge is -2.36. The van der Waals surface area contributed by atoms with E-state index in [9.17, 15) is 24.5 Å². The van der Waals surface area contributed by atoms with Crippen LogP contribution in [0.1, 0.15) is 56.0 Å². The lowest BCUT2D eigenvalue weighted by atomic mass is 9.88. The third-order valence-corrected chi connectivity index (χ3v) is 5.60. The minimum absolute atomic E-state index is 0.0788. The number of alkyl carbamates (subject to hydrolysis) is 2. The summed E-state index contributed by atoms with van der Waals surface area (Å²) in [5.41, 5.74) is 0.117. The predicted molar refractivity (Wildman–Crippen MR) is 133 cm³/mol. The molecule has 0 heterocycles. The molecule has 0 unspecified atom stereocenters. The first-order valence-corrected chi connectivity index (χ1v) is 11.9. The number of benzene rings is 2. The van der Waals surface area contributed by atoms with Gasteiger partial charge in [0.2, 0.25) is 0 Å². The summed E-state index contributed by atoms with van der Waals surface area (Å²) in [5, 5.41) is 16.4. The van der Waals surface area contributed by atoms with Crippen molar-refractivity contribution in [2.45, 2.75) is 70.4 Å². The van der Waals surface area contributed by atoms with Gasteiger partial charge in [0.15, 0.2) is 0 Å². The molecule has 3 atom stereocenters. The average molecular weight is 514 g/mol. The second kappa shape index (κ2) is 12.2. The van der Waals surface area contributed by atoms with E-state index in [4.69, 9.17) is 14.2 Å². The summed E-state index contributed by atoms with van der Waals surface area (Å²) < 4.78 is 16.3. The van der Waals surface area contributed by atoms with Gasteiger partial charge in [-0.25, -0.2) is 14.4 Å². The summed E-state index contributed by atoms with van der Waals surface area (Å²) in [7, 11) is 0. The number of nitro groups is 1. The topological polar surface area (TPSA) is 146 Å². The third-order valence-electron chi connectivity index (χ3n) is 5.60. The summed E-state index contributed by atoms with van der Waals surface area (Å²) in [4.78, 5) is 47.9. The first kappa shape index (κ1) is 27.4. The summed E-state index contributed by atoms with van der Waals surface area (Å²) in [5.74, 6) is -0.706. The van der Waals surface area contributed by atoms with E-state index < -0.39 is 40.8 Å². The van der Waals surface area contributed by atoms with Gasteiger partial charge in [-0.15, -0.1) is 0 Å². The lowest BCUT2D eigenvalue weighted by molar-refractivity contribution is -0.384. The molecule has 1 aliphatic rings. The van der Waals surface area contributed by atoms with Crippen molar-refractivity contribution < 1.29 is 33.5 Å². The Balaban J connectivity index is 1.66. The summed E-state index contributed by atoms with van der Waals surface area (Å²) in [6, 6.07) is 13.3. The van der Waals surface area contributed by atoms with Crippen LogP contribution in [-0.4, -0.2) is 46.9 Å². The van der Waals surface area contributed by atoms with Gasteiger partial charge in [0.1, 0.15) is 18.3 Å². The standard InChI is InChI=1S/C26H31N3O8/c1-26(2,3)37-25(32)27-19-11-14-21(28-24(31)35-16-17-7-5-4-6-8-17)22(15-19)36-23(30)18-9-12-20(13-10-18)29(33)34/h4-10,12-13,19,21-22H,11,14-16H2,1-3H3,(H,27,32)(H,28,31)/t19-,21-,22+/m0/s1. The van der Waals surface area contributed by atoms with Gasteiger partial charge in [0.25, 0.3) is 5.69 Å². The third kappa shape index (κ3) is 8.78. The molecule has 37 heavy (non-hydrogen) atoms. The summed E-state index contributed by atoms with van der Waals surface area (Å²) >= 11 is 0. The van der Waals surface area contributed by atoms with Crippen molar-refractivity contribution in [1.29, 1.82) is 0 Å². The summed E-state index contributed by atoms with van der Waals surface area (Å²) in [6.07, 6.45) is -0.911. The van der Waals surface area contributed by atoms with Crippen LogP contribution in [0, 0.1) is 10.1 Å². The quantitative estimate of drug-likeness (QED) is 0.238. The van der Waals surface area contributed by atoms with Crippen molar-refractivity contribution in [3.8, 4) is 0 Å². The number of non-ortho nitro benzene ring substituents is 1. The number of hydrogen-bond donors (Lipinski definition) is 2. The SMILES string of the molecule is CC(C)(C)OC(=O)N[C@H]1CC[C@H](NC(=O)OCc2ccccc2)[C@H](OC(=O)c2ccc([N+](=O)[O-])cc2)C1. The normalized spacial score (nSPS) is 19.3. The highest BCUT2D eigenvalue weighted by atomic mass is 16.6. The van der Waals surface area contributed by atoms with Gasteiger partial charge in [0, 0.05) is 24.6 Å². The Morgan fingerprint density at radius 3 is 2.27 bits per heavy atom. The van der Waals surface area contributed by atoms with Crippen molar-refractivity contribution >= 4 is 23.8 Å². The van der Waals surface area contributed by atoms with Crippen molar-refractivity contribution in [3.63, 3.8) is 0 Å². The van der Waals surface area contributed by atoms with Gasteiger partial charge >= 0.3 is 18.2 Å². The number of hydrogen-bond acceptors (Lipinski definition) is 8. The monoisotopic (exact) mass is 513 g/mol. The molecular formula is C26H31N3O8. The van der Waals surface area contributed by atoms with Crippen LogP contribution < -0.4 is 10.6 Å². The van der Waals surface area contributed by atoms with Gasteiger partial charge in [-0.2, -0.15) is 0 Å². The van der Waals surface area contributed by atoms with Crippen molar-refractivity contribution in [2.24, 2.45) is 0 Å².